The number of rotatable bonds is 7. The Morgan fingerprint density at radius 1 is 1.18 bits per heavy atom. The highest BCUT2D eigenvalue weighted by Crippen LogP contribution is 2.30. The van der Waals surface area contributed by atoms with E-state index in [0.29, 0.717) is 21.8 Å². The SMILES string of the molecule is CN(C)C(CNC(=O)c1ccc(NC(=O)C2CC2)cc1)c1c(F)cccc1Cl. The molecule has 2 aromatic carbocycles. The van der Waals surface area contributed by atoms with E-state index in [-0.39, 0.29) is 24.3 Å². The van der Waals surface area contributed by atoms with Crippen molar-refractivity contribution >= 4 is 29.1 Å². The van der Waals surface area contributed by atoms with Gasteiger partial charge in [0.05, 0.1) is 6.04 Å². The molecule has 148 valence electrons. The monoisotopic (exact) mass is 403 g/mol. The Morgan fingerprint density at radius 2 is 1.86 bits per heavy atom. The van der Waals surface area contributed by atoms with Crippen LogP contribution < -0.4 is 10.6 Å². The minimum Gasteiger partial charge on any atom is -0.350 e. The van der Waals surface area contributed by atoms with Gasteiger partial charge in [-0.25, -0.2) is 4.39 Å². The van der Waals surface area contributed by atoms with Crippen molar-refractivity contribution in [2.45, 2.75) is 18.9 Å². The van der Waals surface area contributed by atoms with Gasteiger partial charge in [0.25, 0.3) is 5.91 Å². The molecule has 0 radical (unpaired) electrons. The van der Waals surface area contributed by atoms with Crippen LogP contribution in [0.2, 0.25) is 5.02 Å². The fourth-order valence-corrected chi connectivity index (χ4v) is 3.25. The van der Waals surface area contributed by atoms with Crippen LogP contribution in [0.4, 0.5) is 10.1 Å². The number of hydrogen-bond donors (Lipinski definition) is 2. The first-order valence-corrected chi connectivity index (χ1v) is 9.54. The number of hydrogen-bond acceptors (Lipinski definition) is 3. The van der Waals surface area contributed by atoms with Crippen molar-refractivity contribution in [1.82, 2.24) is 10.2 Å². The van der Waals surface area contributed by atoms with Crippen LogP contribution in [0.3, 0.4) is 0 Å². The minimum atomic E-state index is -0.408. The average molecular weight is 404 g/mol. The zero-order chi connectivity index (χ0) is 20.3. The van der Waals surface area contributed by atoms with Crippen LogP contribution in [-0.2, 0) is 4.79 Å². The zero-order valence-electron chi connectivity index (χ0n) is 15.8. The largest absolute Gasteiger partial charge is 0.350 e. The summed E-state index contributed by atoms with van der Waals surface area (Å²) in [5, 5.41) is 5.99. The maximum Gasteiger partial charge on any atom is 0.251 e. The highest BCUT2D eigenvalue weighted by atomic mass is 35.5. The number of nitrogens with one attached hydrogen (secondary N) is 2. The van der Waals surface area contributed by atoms with Crippen molar-refractivity contribution in [2.24, 2.45) is 5.92 Å². The van der Waals surface area contributed by atoms with Gasteiger partial charge in [0.2, 0.25) is 5.91 Å². The van der Waals surface area contributed by atoms with E-state index in [4.69, 9.17) is 11.6 Å². The fraction of sp³-hybridized carbons (Fsp3) is 0.333. The van der Waals surface area contributed by atoms with Gasteiger partial charge < -0.3 is 15.5 Å². The molecule has 1 unspecified atom stereocenters. The molecule has 1 fully saturated rings. The molecule has 2 amide bonds. The number of anilines is 1. The van der Waals surface area contributed by atoms with E-state index >= 15 is 0 Å². The topological polar surface area (TPSA) is 61.4 Å². The van der Waals surface area contributed by atoms with Gasteiger partial charge in [0, 0.05) is 34.3 Å². The molecule has 0 heterocycles. The second-order valence-corrected chi connectivity index (χ2v) is 7.57. The van der Waals surface area contributed by atoms with Gasteiger partial charge in [0.1, 0.15) is 5.82 Å². The second-order valence-electron chi connectivity index (χ2n) is 7.17. The van der Waals surface area contributed by atoms with Crippen LogP contribution in [0.1, 0.15) is 34.8 Å². The average Bonchev–Trinajstić information content (AvgIpc) is 3.49. The molecule has 1 saturated carbocycles. The summed E-state index contributed by atoms with van der Waals surface area (Å²) >= 11 is 6.17. The number of carbonyl (C=O) groups excluding carboxylic acids is 2. The lowest BCUT2D eigenvalue weighted by molar-refractivity contribution is -0.117. The zero-order valence-corrected chi connectivity index (χ0v) is 16.6. The van der Waals surface area contributed by atoms with Gasteiger partial charge in [-0.3, -0.25) is 9.59 Å². The van der Waals surface area contributed by atoms with Crippen molar-refractivity contribution in [3.8, 4) is 0 Å². The van der Waals surface area contributed by atoms with Crippen LogP contribution in [0.15, 0.2) is 42.5 Å². The molecule has 3 rings (SSSR count). The lowest BCUT2D eigenvalue weighted by atomic mass is 10.0. The van der Waals surface area contributed by atoms with E-state index in [1.54, 1.807) is 55.4 Å². The molecular weight excluding hydrogens is 381 g/mol. The highest BCUT2D eigenvalue weighted by molar-refractivity contribution is 6.31. The van der Waals surface area contributed by atoms with Crippen LogP contribution in [0.5, 0.6) is 0 Å². The molecule has 0 aliphatic heterocycles. The molecule has 2 aromatic rings. The Kier molecular flexibility index (Phi) is 6.31. The summed E-state index contributed by atoms with van der Waals surface area (Å²) in [7, 11) is 3.61. The summed E-state index contributed by atoms with van der Waals surface area (Å²) in [6.07, 6.45) is 1.87. The number of benzene rings is 2. The molecule has 5 nitrogen and oxygen atoms in total. The maximum atomic E-state index is 14.3. The highest BCUT2D eigenvalue weighted by Gasteiger charge is 2.29. The van der Waals surface area contributed by atoms with Crippen LogP contribution in [0, 0.1) is 11.7 Å². The molecule has 0 saturated heterocycles. The van der Waals surface area contributed by atoms with Gasteiger partial charge in [-0.2, -0.15) is 0 Å². The Hall–Kier alpha value is -2.44. The number of likely N-dealkylation sites (N-methyl/N-ethyl adjacent to an activating group) is 1. The smallest absolute Gasteiger partial charge is 0.251 e. The third kappa shape index (κ3) is 4.88. The molecular formula is C21H23ClFN3O2. The maximum absolute atomic E-state index is 14.3. The van der Waals surface area contributed by atoms with Gasteiger partial charge in [0.15, 0.2) is 0 Å². The van der Waals surface area contributed by atoms with Gasteiger partial charge in [-0.1, -0.05) is 17.7 Å². The number of nitrogens with zero attached hydrogens (tertiary/aromatic N) is 1. The van der Waals surface area contributed by atoms with E-state index in [2.05, 4.69) is 10.6 Å². The van der Waals surface area contributed by atoms with E-state index in [0.717, 1.165) is 12.8 Å². The van der Waals surface area contributed by atoms with Crippen molar-refractivity contribution in [2.75, 3.05) is 26.0 Å². The van der Waals surface area contributed by atoms with Crippen molar-refractivity contribution in [1.29, 1.82) is 0 Å². The molecule has 0 spiro atoms. The lowest BCUT2D eigenvalue weighted by Gasteiger charge is -2.26. The Morgan fingerprint density at radius 3 is 2.43 bits per heavy atom. The summed E-state index contributed by atoms with van der Waals surface area (Å²) in [5.41, 5.74) is 1.48. The first-order valence-electron chi connectivity index (χ1n) is 9.16. The number of halogens is 2. The third-order valence-corrected chi connectivity index (χ3v) is 5.10. The summed E-state index contributed by atoms with van der Waals surface area (Å²) in [6, 6.07) is 10.8. The fourth-order valence-electron chi connectivity index (χ4n) is 2.96. The second kappa shape index (κ2) is 8.71. The standard InChI is InChI=1S/C21H23ClFN3O2/c1-26(2)18(19-16(22)4-3-5-17(19)23)12-24-20(27)13-8-10-15(11-9-13)25-21(28)14-6-7-14/h3-5,8-11,14,18H,6-7,12H2,1-2H3,(H,24,27)(H,25,28). The molecule has 28 heavy (non-hydrogen) atoms. The Balaban J connectivity index is 1.63. The molecule has 0 aromatic heterocycles. The Labute approximate surface area is 168 Å². The summed E-state index contributed by atoms with van der Waals surface area (Å²) in [5.74, 6) is -0.542. The van der Waals surface area contributed by atoms with Crippen LogP contribution >= 0.6 is 11.6 Å². The molecule has 2 N–H and O–H groups in total. The van der Waals surface area contributed by atoms with E-state index < -0.39 is 11.9 Å². The molecule has 1 aliphatic carbocycles. The minimum absolute atomic E-state index is 0.0211. The van der Waals surface area contributed by atoms with Crippen molar-refractivity contribution in [3.05, 3.63) is 64.4 Å². The summed E-state index contributed by atoms with van der Waals surface area (Å²) < 4.78 is 14.3. The normalized spacial score (nSPS) is 14.6. The first kappa shape index (κ1) is 20.3. The molecule has 0 bridgehead atoms. The van der Waals surface area contributed by atoms with Gasteiger partial charge in [-0.05, 0) is 63.3 Å². The van der Waals surface area contributed by atoms with Gasteiger partial charge >= 0.3 is 0 Å². The lowest BCUT2D eigenvalue weighted by Crippen LogP contribution is -2.35. The van der Waals surface area contributed by atoms with E-state index in [1.165, 1.54) is 6.07 Å². The van der Waals surface area contributed by atoms with Crippen LogP contribution in [-0.4, -0.2) is 37.4 Å². The molecule has 1 aliphatic rings. The third-order valence-electron chi connectivity index (χ3n) is 4.78. The quantitative estimate of drug-likeness (QED) is 0.738. The predicted molar refractivity (Wildman–Crippen MR) is 108 cm³/mol. The predicted octanol–water partition coefficient (Wildman–Crippen LogP) is 3.86. The molecule has 1 atom stereocenters. The first-order chi connectivity index (χ1) is 13.4. The van der Waals surface area contributed by atoms with Crippen molar-refractivity contribution < 1.29 is 14.0 Å². The number of carbonyl (C=O) groups is 2. The van der Waals surface area contributed by atoms with E-state index in [9.17, 15) is 14.0 Å². The summed E-state index contributed by atoms with van der Waals surface area (Å²) in [4.78, 5) is 26.1. The van der Waals surface area contributed by atoms with Crippen molar-refractivity contribution in [3.63, 3.8) is 0 Å². The van der Waals surface area contributed by atoms with E-state index in [1.807, 2.05) is 0 Å². The van der Waals surface area contributed by atoms with Crippen LogP contribution in [0.25, 0.3) is 0 Å². The molecule has 7 heteroatoms. The number of amides is 2. The Bertz CT molecular complexity index is 846. The van der Waals surface area contributed by atoms with Gasteiger partial charge in [-0.15, -0.1) is 0 Å². The summed E-state index contributed by atoms with van der Waals surface area (Å²) in [6.45, 7) is 0.201.